The minimum Gasteiger partial charge on any atom is -0.491 e. The number of carbonyl (C=O) groups excluding carboxylic acids is 1. The Morgan fingerprint density at radius 2 is 1.74 bits per heavy atom. The summed E-state index contributed by atoms with van der Waals surface area (Å²) >= 11 is 3.31. The lowest BCUT2D eigenvalue weighted by Crippen LogP contribution is -2.46. The third-order valence-corrected chi connectivity index (χ3v) is 7.90. The number of carbonyl (C=O) groups is 1. The van der Waals surface area contributed by atoms with Gasteiger partial charge in [-0.15, -0.1) is 0 Å². The van der Waals surface area contributed by atoms with Crippen LogP contribution in [-0.2, 0) is 20.8 Å². The van der Waals surface area contributed by atoms with Gasteiger partial charge < -0.3 is 14.2 Å². The van der Waals surface area contributed by atoms with Gasteiger partial charge >= 0.3 is 5.97 Å². The molecule has 0 N–H and O–H groups in total. The summed E-state index contributed by atoms with van der Waals surface area (Å²) in [5.41, 5.74) is 8.18. The van der Waals surface area contributed by atoms with Crippen molar-refractivity contribution in [3.63, 3.8) is 0 Å². The average Bonchev–Trinajstić information content (AvgIpc) is 2.96. The Labute approximate surface area is 260 Å². The third-order valence-electron chi connectivity index (χ3n) is 7.58. The Hall–Kier alpha value is -2.93. The van der Waals surface area contributed by atoms with Crippen LogP contribution < -0.4 is 4.74 Å². The van der Waals surface area contributed by atoms with Crippen LogP contribution in [0.25, 0.3) is 23.3 Å². The standard InChI is InChI=1S/C36H44BrNO4/c1-26-22-31(24-38-19-10-9-16-33(38)35(39)42-36(3,4)5)34(41-21-20-40-25-37)23-30(26)18-17-28-14-11-15-32(27(28)2)29-12-7-6-8-13-29/h6-8,11-15,17-18,22-23,33H,9-10,16,19-21,24-25H2,1-5H3/b18-17+/t33-/m0/s1. The molecule has 4 rings (SSSR count). The molecule has 42 heavy (non-hydrogen) atoms. The monoisotopic (exact) mass is 633 g/mol. The molecule has 1 atom stereocenters. The van der Waals surface area contributed by atoms with E-state index in [1.165, 1.54) is 22.3 Å². The molecule has 0 spiro atoms. The average molecular weight is 635 g/mol. The summed E-state index contributed by atoms with van der Waals surface area (Å²) in [7, 11) is 0. The molecule has 1 saturated heterocycles. The molecule has 1 fully saturated rings. The molecule has 1 heterocycles. The van der Waals surface area contributed by atoms with Crippen molar-refractivity contribution in [3.05, 3.63) is 88.5 Å². The van der Waals surface area contributed by atoms with Gasteiger partial charge in [0, 0.05) is 12.1 Å². The first-order chi connectivity index (χ1) is 20.2. The fraction of sp³-hybridized carbons (Fsp3) is 0.417. The summed E-state index contributed by atoms with van der Waals surface area (Å²) in [6, 6.07) is 21.0. The highest BCUT2D eigenvalue weighted by Gasteiger charge is 2.33. The zero-order valence-corrected chi connectivity index (χ0v) is 27.2. The highest BCUT2D eigenvalue weighted by atomic mass is 79.9. The zero-order chi connectivity index (χ0) is 30.1. The molecule has 0 aromatic heterocycles. The smallest absolute Gasteiger partial charge is 0.323 e. The maximum Gasteiger partial charge on any atom is 0.323 e. The lowest BCUT2D eigenvalue weighted by molar-refractivity contribution is -0.163. The van der Waals surface area contributed by atoms with E-state index in [1.54, 1.807) is 0 Å². The summed E-state index contributed by atoms with van der Waals surface area (Å²) < 4.78 is 17.5. The van der Waals surface area contributed by atoms with Gasteiger partial charge in [0.05, 0.1) is 6.61 Å². The zero-order valence-electron chi connectivity index (χ0n) is 25.6. The fourth-order valence-corrected chi connectivity index (χ4v) is 5.67. The molecule has 0 bridgehead atoms. The molecule has 0 saturated carbocycles. The van der Waals surface area contributed by atoms with Crippen LogP contribution >= 0.6 is 15.9 Å². The number of hydrogen-bond acceptors (Lipinski definition) is 5. The van der Waals surface area contributed by atoms with E-state index in [4.69, 9.17) is 14.2 Å². The van der Waals surface area contributed by atoms with Crippen molar-refractivity contribution >= 4 is 34.1 Å². The topological polar surface area (TPSA) is 48.0 Å². The van der Waals surface area contributed by atoms with E-state index in [0.717, 1.165) is 48.2 Å². The Balaban J connectivity index is 1.61. The number of aryl methyl sites for hydroxylation is 1. The number of hydrogen-bond donors (Lipinski definition) is 0. The van der Waals surface area contributed by atoms with E-state index in [1.807, 2.05) is 26.8 Å². The second-order valence-electron chi connectivity index (χ2n) is 11.9. The minimum atomic E-state index is -0.507. The Kier molecular flexibility index (Phi) is 11.4. The highest BCUT2D eigenvalue weighted by molar-refractivity contribution is 9.09. The van der Waals surface area contributed by atoms with Crippen molar-refractivity contribution in [1.29, 1.82) is 0 Å². The first kappa shape index (κ1) is 32.0. The quantitative estimate of drug-likeness (QED) is 0.0916. The van der Waals surface area contributed by atoms with Crippen molar-refractivity contribution in [1.82, 2.24) is 4.90 Å². The second-order valence-corrected chi connectivity index (χ2v) is 12.4. The molecule has 0 radical (unpaired) electrons. The highest BCUT2D eigenvalue weighted by Crippen LogP contribution is 2.31. The van der Waals surface area contributed by atoms with E-state index in [2.05, 4.69) is 101 Å². The number of alkyl halides is 1. The molecule has 1 aliphatic heterocycles. The molecule has 6 heteroatoms. The molecule has 3 aromatic rings. The van der Waals surface area contributed by atoms with Gasteiger partial charge in [-0.3, -0.25) is 9.69 Å². The number of piperidine rings is 1. The molecule has 1 aliphatic rings. The van der Waals surface area contributed by atoms with Crippen molar-refractivity contribution < 1.29 is 19.0 Å². The maximum absolute atomic E-state index is 13.1. The maximum atomic E-state index is 13.1. The number of halogens is 1. The number of rotatable bonds is 11. The van der Waals surface area contributed by atoms with E-state index in [9.17, 15) is 4.79 Å². The third kappa shape index (κ3) is 8.79. The summed E-state index contributed by atoms with van der Waals surface area (Å²) in [5.74, 6) is 0.682. The first-order valence-corrected chi connectivity index (χ1v) is 16.0. The van der Waals surface area contributed by atoms with Crippen LogP contribution in [0.5, 0.6) is 5.75 Å². The van der Waals surface area contributed by atoms with E-state index < -0.39 is 5.60 Å². The van der Waals surface area contributed by atoms with Gasteiger partial charge in [-0.25, -0.2) is 0 Å². The van der Waals surface area contributed by atoms with Crippen LogP contribution in [0.2, 0.25) is 0 Å². The van der Waals surface area contributed by atoms with Crippen molar-refractivity contribution in [3.8, 4) is 16.9 Å². The molecule has 3 aromatic carbocycles. The summed E-state index contributed by atoms with van der Waals surface area (Å²) in [5, 5.41) is 0. The van der Waals surface area contributed by atoms with Crippen molar-refractivity contribution in [2.24, 2.45) is 0 Å². The predicted octanol–water partition coefficient (Wildman–Crippen LogP) is 8.58. The molecule has 5 nitrogen and oxygen atoms in total. The molecule has 224 valence electrons. The van der Waals surface area contributed by atoms with Crippen molar-refractivity contribution in [2.45, 2.75) is 72.1 Å². The van der Waals surface area contributed by atoms with Gasteiger partial charge in [0.25, 0.3) is 0 Å². The lowest BCUT2D eigenvalue weighted by atomic mass is 9.95. The Morgan fingerprint density at radius 1 is 0.976 bits per heavy atom. The van der Waals surface area contributed by atoms with Crippen LogP contribution in [0.1, 0.15) is 67.9 Å². The van der Waals surface area contributed by atoms with Crippen LogP contribution in [-0.4, -0.2) is 47.8 Å². The van der Waals surface area contributed by atoms with Crippen LogP contribution in [0.4, 0.5) is 0 Å². The largest absolute Gasteiger partial charge is 0.491 e. The Bertz CT molecular complexity index is 1360. The number of benzene rings is 3. The van der Waals surface area contributed by atoms with Gasteiger partial charge in [0.15, 0.2) is 0 Å². The van der Waals surface area contributed by atoms with Gasteiger partial charge in [-0.05, 0) is 93.5 Å². The van der Waals surface area contributed by atoms with Crippen LogP contribution in [0, 0.1) is 13.8 Å². The van der Waals surface area contributed by atoms with E-state index in [-0.39, 0.29) is 12.0 Å². The molecule has 0 unspecified atom stereocenters. The molecular formula is C36H44BrNO4. The molecule has 0 aliphatic carbocycles. The molecule has 0 amide bonds. The van der Waals surface area contributed by atoms with Crippen LogP contribution in [0.3, 0.4) is 0 Å². The fourth-order valence-electron chi connectivity index (χ4n) is 5.45. The first-order valence-electron chi connectivity index (χ1n) is 14.9. The molecular weight excluding hydrogens is 590 g/mol. The van der Waals surface area contributed by atoms with Crippen LogP contribution in [0.15, 0.2) is 60.7 Å². The number of nitrogens with zero attached hydrogens (tertiary/aromatic N) is 1. The number of ether oxygens (including phenoxy) is 3. The summed E-state index contributed by atoms with van der Waals surface area (Å²) in [4.78, 5) is 15.4. The van der Waals surface area contributed by atoms with E-state index >= 15 is 0 Å². The summed E-state index contributed by atoms with van der Waals surface area (Å²) in [6.07, 6.45) is 7.26. The van der Waals surface area contributed by atoms with Gasteiger partial charge in [0.2, 0.25) is 0 Å². The van der Waals surface area contributed by atoms with Gasteiger partial charge in [-0.2, -0.15) is 0 Å². The van der Waals surface area contributed by atoms with Crippen molar-refractivity contribution in [2.75, 3.05) is 25.3 Å². The lowest BCUT2D eigenvalue weighted by Gasteiger charge is -2.36. The number of esters is 1. The number of likely N-dealkylation sites (tertiary alicyclic amines) is 1. The van der Waals surface area contributed by atoms with Gasteiger partial charge in [-0.1, -0.05) is 89.1 Å². The summed E-state index contributed by atoms with van der Waals surface area (Å²) in [6.45, 7) is 12.5. The van der Waals surface area contributed by atoms with Gasteiger partial charge in [0.1, 0.15) is 29.5 Å². The normalized spacial score (nSPS) is 16.1. The SMILES string of the molecule is Cc1cc(CN2CCCC[C@H]2C(=O)OC(C)(C)C)c(OCCOCBr)cc1/C=C/c1cccc(-c2ccccc2)c1C. The predicted molar refractivity (Wildman–Crippen MR) is 176 cm³/mol. The minimum absolute atomic E-state index is 0.139. The second kappa shape index (κ2) is 15.0. The Morgan fingerprint density at radius 3 is 2.48 bits per heavy atom. The van der Waals surface area contributed by atoms with E-state index in [0.29, 0.717) is 25.3 Å².